The van der Waals surface area contributed by atoms with Crippen LogP contribution < -0.4 is 16.1 Å². The van der Waals surface area contributed by atoms with E-state index < -0.39 is 0 Å². The van der Waals surface area contributed by atoms with E-state index in [2.05, 4.69) is 31.4 Å². The van der Waals surface area contributed by atoms with Crippen molar-refractivity contribution >= 4 is 45.0 Å². The molecule has 0 saturated carbocycles. The maximum Gasteiger partial charge on any atom is 0.234 e. The number of hydrogen-bond donors (Lipinski definition) is 2. The lowest BCUT2D eigenvalue weighted by Crippen LogP contribution is -2.16. The number of anilines is 2. The number of thioether (sulfide) groups is 1. The summed E-state index contributed by atoms with van der Waals surface area (Å²) in [5.74, 6) is 6.68. The highest BCUT2D eigenvalue weighted by molar-refractivity contribution is 9.10. The Morgan fingerprint density at radius 3 is 2.56 bits per heavy atom. The number of amides is 1. The fraction of sp³-hybridized carbons (Fsp3) is 0.167. The molecule has 9 heteroatoms. The molecular formula is C18H19BrN6OS. The Morgan fingerprint density at radius 1 is 1.19 bits per heavy atom. The van der Waals surface area contributed by atoms with Gasteiger partial charge in [0.2, 0.25) is 11.1 Å². The number of nitrogens with zero attached hydrogens (tertiary/aromatic N) is 4. The van der Waals surface area contributed by atoms with E-state index in [4.69, 9.17) is 5.84 Å². The summed E-state index contributed by atoms with van der Waals surface area (Å²) in [6.07, 6.45) is 0. The molecule has 0 atom stereocenters. The van der Waals surface area contributed by atoms with E-state index in [1.807, 2.05) is 67.5 Å². The molecule has 0 spiro atoms. The molecule has 140 valence electrons. The van der Waals surface area contributed by atoms with E-state index in [-0.39, 0.29) is 11.7 Å². The van der Waals surface area contributed by atoms with Crippen molar-refractivity contribution in [2.75, 3.05) is 35.9 Å². The summed E-state index contributed by atoms with van der Waals surface area (Å²) in [5.41, 5.74) is 2.65. The molecule has 7 nitrogen and oxygen atoms in total. The molecule has 0 aliphatic rings. The largest absolute Gasteiger partial charge is 0.378 e. The summed E-state index contributed by atoms with van der Waals surface area (Å²) in [6.45, 7) is 0. The highest BCUT2D eigenvalue weighted by atomic mass is 79.9. The zero-order valence-corrected chi connectivity index (χ0v) is 17.3. The van der Waals surface area contributed by atoms with E-state index in [9.17, 15) is 4.79 Å². The Labute approximate surface area is 170 Å². The summed E-state index contributed by atoms with van der Waals surface area (Å²) in [4.78, 5) is 14.2. The molecule has 3 N–H and O–H groups in total. The molecule has 1 aromatic heterocycles. The summed E-state index contributed by atoms with van der Waals surface area (Å²) in [6, 6.07) is 15.3. The number of carbonyl (C=O) groups excluding carboxylic acids is 1. The Morgan fingerprint density at radius 2 is 1.89 bits per heavy atom. The molecule has 0 unspecified atom stereocenters. The number of halogens is 1. The molecule has 1 amide bonds. The van der Waals surface area contributed by atoms with Gasteiger partial charge in [0.15, 0.2) is 5.82 Å². The number of nitrogens with one attached hydrogen (secondary N) is 1. The van der Waals surface area contributed by atoms with Crippen LogP contribution in [0.1, 0.15) is 0 Å². The molecule has 0 aliphatic carbocycles. The predicted octanol–water partition coefficient (Wildman–Crippen LogP) is 3.22. The number of carbonyl (C=O) groups is 1. The third-order valence-corrected chi connectivity index (χ3v) is 5.41. The predicted molar refractivity (Wildman–Crippen MR) is 113 cm³/mol. The van der Waals surface area contributed by atoms with Crippen LogP contribution >= 0.6 is 27.7 Å². The molecule has 0 fully saturated rings. The molecule has 2 aromatic carbocycles. The summed E-state index contributed by atoms with van der Waals surface area (Å²) < 4.78 is 2.27. The molecule has 0 aliphatic heterocycles. The summed E-state index contributed by atoms with van der Waals surface area (Å²) in [5, 5.41) is 11.6. The summed E-state index contributed by atoms with van der Waals surface area (Å²) in [7, 11) is 3.94. The molecule has 0 bridgehead atoms. The van der Waals surface area contributed by atoms with Gasteiger partial charge in [-0.25, -0.2) is 4.68 Å². The molecule has 27 heavy (non-hydrogen) atoms. The van der Waals surface area contributed by atoms with Gasteiger partial charge in [-0.2, -0.15) is 0 Å². The highest BCUT2D eigenvalue weighted by Crippen LogP contribution is 2.28. The second-order valence-electron chi connectivity index (χ2n) is 5.93. The van der Waals surface area contributed by atoms with Crippen LogP contribution in [0.4, 0.5) is 11.4 Å². The van der Waals surface area contributed by atoms with Gasteiger partial charge in [-0.05, 0) is 36.4 Å². The second kappa shape index (κ2) is 8.45. The first-order valence-corrected chi connectivity index (χ1v) is 9.89. The van der Waals surface area contributed by atoms with E-state index >= 15 is 0 Å². The van der Waals surface area contributed by atoms with Gasteiger partial charge in [0, 0.05) is 35.5 Å². The summed E-state index contributed by atoms with van der Waals surface area (Å²) >= 11 is 4.71. The zero-order valence-electron chi connectivity index (χ0n) is 14.9. The van der Waals surface area contributed by atoms with Crippen molar-refractivity contribution < 1.29 is 4.79 Å². The molecule has 0 saturated heterocycles. The first-order chi connectivity index (χ1) is 13.0. The van der Waals surface area contributed by atoms with Gasteiger partial charge in [-0.15, -0.1) is 10.2 Å². The van der Waals surface area contributed by atoms with E-state index in [1.54, 1.807) is 0 Å². The molecule has 1 heterocycles. The van der Waals surface area contributed by atoms with Gasteiger partial charge in [0.1, 0.15) is 0 Å². The van der Waals surface area contributed by atoms with Crippen LogP contribution in [0.5, 0.6) is 0 Å². The Hall–Kier alpha value is -2.52. The minimum absolute atomic E-state index is 0.136. The number of aromatic nitrogens is 3. The minimum atomic E-state index is -0.136. The van der Waals surface area contributed by atoms with E-state index in [0.717, 1.165) is 21.4 Å². The van der Waals surface area contributed by atoms with Crippen molar-refractivity contribution in [2.45, 2.75) is 5.16 Å². The molecule has 3 rings (SSSR count). The number of nitrogens with two attached hydrogens (primary N) is 1. The normalized spacial score (nSPS) is 10.6. The third kappa shape index (κ3) is 4.61. The van der Waals surface area contributed by atoms with Crippen molar-refractivity contribution in [3.8, 4) is 11.4 Å². The van der Waals surface area contributed by atoms with Crippen LogP contribution in [0.3, 0.4) is 0 Å². The van der Waals surface area contributed by atoms with Gasteiger partial charge >= 0.3 is 0 Å². The first-order valence-electron chi connectivity index (χ1n) is 8.11. The lowest BCUT2D eigenvalue weighted by Gasteiger charge is -2.13. The SMILES string of the molecule is CN(C)c1ccc(NC(=O)CSc2nnc(-c3ccccc3Br)n2N)cc1. The average molecular weight is 447 g/mol. The fourth-order valence-electron chi connectivity index (χ4n) is 2.37. The first kappa shape index (κ1) is 19.2. The Bertz CT molecular complexity index is 941. The number of benzene rings is 2. The van der Waals surface area contributed by atoms with Gasteiger partial charge < -0.3 is 16.1 Å². The van der Waals surface area contributed by atoms with Crippen LogP contribution in [-0.2, 0) is 4.79 Å². The van der Waals surface area contributed by atoms with Crippen molar-refractivity contribution in [2.24, 2.45) is 0 Å². The monoisotopic (exact) mass is 446 g/mol. The van der Waals surface area contributed by atoms with Crippen LogP contribution in [-0.4, -0.2) is 40.6 Å². The molecule has 3 aromatic rings. The van der Waals surface area contributed by atoms with Gasteiger partial charge in [-0.1, -0.05) is 39.8 Å². The minimum Gasteiger partial charge on any atom is -0.378 e. The number of rotatable bonds is 6. The zero-order chi connectivity index (χ0) is 19.4. The van der Waals surface area contributed by atoms with Crippen LogP contribution in [0.15, 0.2) is 58.2 Å². The van der Waals surface area contributed by atoms with Gasteiger partial charge in [-0.3, -0.25) is 4.79 Å². The average Bonchev–Trinajstić information content (AvgIpc) is 3.01. The van der Waals surface area contributed by atoms with Crippen molar-refractivity contribution in [3.63, 3.8) is 0 Å². The standard InChI is InChI=1S/C18H19BrN6OS/c1-24(2)13-9-7-12(8-10-13)21-16(26)11-27-18-23-22-17(25(18)20)14-5-3-4-6-15(14)19/h3-10H,11,20H2,1-2H3,(H,21,26). The third-order valence-electron chi connectivity index (χ3n) is 3.78. The second-order valence-corrected chi connectivity index (χ2v) is 7.73. The lowest BCUT2D eigenvalue weighted by molar-refractivity contribution is -0.113. The van der Waals surface area contributed by atoms with Gasteiger partial charge in [0.05, 0.1) is 5.75 Å². The number of hydrogen-bond acceptors (Lipinski definition) is 6. The smallest absolute Gasteiger partial charge is 0.234 e. The van der Waals surface area contributed by atoms with Crippen LogP contribution in [0.2, 0.25) is 0 Å². The van der Waals surface area contributed by atoms with Crippen molar-refractivity contribution in [3.05, 3.63) is 53.0 Å². The Kier molecular flexibility index (Phi) is 6.02. The van der Waals surface area contributed by atoms with Crippen molar-refractivity contribution in [1.29, 1.82) is 0 Å². The van der Waals surface area contributed by atoms with Crippen molar-refractivity contribution in [1.82, 2.24) is 14.9 Å². The van der Waals surface area contributed by atoms with Crippen LogP contribution in [0, 0.1) is 0 Å². The fourth-order valence-corrected chi connectivity index (χ4v) is 3.49. The molecular weight excluding hydrogens is 428 g/mol. The quantitative estimate of drug-likeness (QED) is 0.446. The maximum absolute atomic E-state index is 12.2. The Balaban J connectivity index is 1.62. The van der Waals surface area contributed by atoms with E-state index in [1.165, 1.54) is 16.4 Å². The topological polar surface area (TPSA) is 89.1 Å². The number of nitrogen functional groups attached to an aromatic ring is 1. The maximum atomic E-state index is 12.2. The molecule has 0 radical (unpaired) electrons. The van der Waals surface area contributed by atoms with Gasteiger partial charge in [0.25, 0.3) is 0 Å². The lowest BCUT2D eigenvalue weighted by atomic mass is 10.2. The van der Waals surface area contributed by atoms with E-state index in [0.29, 0.717) is 11.0 Å². The highest BCUT2D eigenvalue weighted by Gasteiger charge is 2.15. The van der Waals surface area contributed by atoms with Crippen LogP contribution in [0.25, 0.3) is 11.4 Å².